The predicted molar refractivity (Wildman–Crippen MR) is 118 cm³/mol. The van der Waals surface area contributed by atoms with Gasteiger partial charge in [-0.05, 0) is 70.0 Å². The van der Waals surface area contributed by atoms with Crippen molar-refractivity contribution in [2.75, 3.05) is 10.6 Å². The number of hydrogen-bond donors (Lipinski definition) is 2. The Morgan fingerprint density at radius 1 is 0.897 bits per heavy atom. The molecule has 0 fully saturated rings. The van der Waals surface area contributed by atoms with Crippen LogP contribution in [0.2, 0.25) is 0 Å². The van der Waals surface area contributed by atoms with Crippen molar-refractivity contribution in [3.63, 3.8) is 0 Å². The van der Waals surface area contributed by atoms with Gasteiger partial charge in [0.05, 0.1) is 0 Å². The number of aromatic nitrogens is 2. The molecule has 0 radical (unpaired) electrons. The van der Waals surface area contributed by atoms with Gasteiger partial charge in [0.1, 0.15) is 11.4 Å². The minimum atomic E-state index is -4.58. The molecule has 3 rings (SSSR count). The number of nitrogens with one attached hydrogen (secondary N) is 2. The fraction of sp³-hybridized carbons (Fsp3) is 0.238. The predicted octanol–water partition coefficient (Wildman–Crippen LogP) is 6.88. The molecule has 29 heavy (non-hydrogen) atoms. The maximum Gasteiger partial charge on any atom is 0.421 e. The molecule has 2 N–H and O–H groups in total. The van der Waals surface area contributed by atoms with Crippen molar-refractivity contribution in [2.45, 2.75) is 32.4 Å². The number of nitrogens with zero attached hydrogens (tertiary/aromatic N) is 2. The summed E-state index contributed by atoms with van der Waals surface area (Å²) in [5.41, 5.74) is 1.16. The first-order valence-electron chi connectivity index (χ1n) is 8.87. The molecule has 1 aromatic heterocycles. The zero-order valence-corrected chi connectivity index (χ0v) is 18.3. The highest BCUT2D eigenvalue weighted by molar-refractivity contribution is 14.1. The minimum absolute atomic E-state index is 0.0775. The summed E-state index contributed by atoms with van der Waals surface area (Å²) < 4.78 is 41.5. The Bertz CT molecular complexity index is 996. The van der Waals surface area contributed by atoms with Crippen molar-refractivity contribution in [1.82, 2.24) is 9.97 Å². The van der Waals surface area contributed by atoms with Crippen LogP contribution >= 0.6 is 22.6 Å². The van der Waals surface area contributed by atoms with Gasteiger partial charge in [-0.25, -0.2) is 4.98 Å². The summed E-state index contributed by atoms with van der Waals surface area (Å²) in [6.07, 6.45) is -3.79. The molecule has 0 spiro atoms. The fourth-order valence-corrected chi connectivity index (χ4v) is 2.97. The van der Waals surface area contributed by atoms with Crippen molar-refractivity contribution in [1.29, 1.82) is 0 Å². The maximum atomic E-state index is 13.5. The molecule has 4 nitrogen and oxygen atoms in total. The average molecular weight is 512 g/mol. The molecule has 0 saturated carbocycles. The molecular weight excluding hydrogens is 492 g/mol. The van der Waals surface area contributed by atoms with E-state index in [1.807, 2.05) is 63.2 Å². The molecule has 0 aliphatic heterocycles. The van der Waals surface area contributed by atoms with E-state index in [1.165, 1.54) is 0 Å². The highest BCUT2D eigenvalue weighted by Gasteiger charge is 2.35. The molecule has 0 amide bonds. The second-order valence-electron chi connectivity index (χ2n) is 7.54. The Hall–Kier alpha value is -2.36. The van der Waals surface area contributed by atoms with Crippen LogP contribution in [0.3, 0.4) is 0 Å². The SMILES string of the molecule is CC(C)(C)c1cccc(Nc2nc(Nc3ccc(I)cc3)ncc2C(F)(F)F)c1. The zero-order valence-electron chi connectivity index (χ0n) is 16.1. The number of anilines is 4. The second-order valence-corrected chi connectivity index (χ2v) is 8.79. The van der Waals surface area contributed by atoms with Gasteiger partial charge in [-0.2, -0.15) is 18.2 Å². The third-order valence-electron chi connectivity index (χ3n) is 4.19. The lowest BCUT2D eigenvalue weighted by molar-refractivity contribution is -0.137. The number of alkyl halides is 3. The Morgan fingerprint density at radius 2 is 1.59 bits per heavy atom. The van der Waals surface area contributed by atoms with Crippen LogP contribution in [0.4, 0.5) is 36.3 Å². The highest BCUT2D eigenvalue weighted by atomic mass is 127. The van der Waals surface area contributed by atoms with E-state index in [-0.39, 0.29) is 17.2 Å². The number of rotatable bonds is 4. The first-order chi connectivity index (χ1) is 13.5. The zero-order chi connectivity index (χ0) is 21.2. The molecule has 152 valence electrons. The van der Waals surface area contributed by atoms with E-state index in [9.17, 15) is 13.2 Å². The average Bonchev–Trinajstić information content (AvgIpc) is 2.62. The van der Waals surface area contributed by atoms with E-state index in [0.29, 0.717) is 11.4 Å². The van der Waals surface area contributed by atoms with Crippen molar-refractivity contribution >= 4 is 45.7 Å². The summed E-state index contributed by atoms with van der Waals surface area (Å²) >= 11 is 2.17. The van der Waals surface area contributed by atoms with E-state index < -0.39 is 11.7 Å². The van der Waals surface area contributed by atoms with Gasteiger partial charge in [0.25, 0.3) is 0 Å². The molecule has 0 aliphatic carbocycles. The molecule has 8 heteroatoms. The van der Waals surface area contributed by atoms with Gasteiger partial charge < -0.3 is 10.6 Å². The molecular formula is C21H20F3IN4. The first-order valence-corrected chi connectivity index (χ1v) is 9.95. The van der Waals surface area contributed by atoms with Crippen molar-refractivity contribution < 1.29 is 13.2 Å². The summed E-state index contributed by atoms with van der Waals surface area (Å²) in [5, 5.41) is 5.75. The number of hydrogen-bond acceptors (Lipinski definition) is 4. The van der Waals surface area contributed by atoms with Gasteiger partial charge in [-0.3, -0.25) is 0 Å². The van der Waals surface area contributed by atoms with Gasteiger partial charge in [-0.15, -0.1) is 0 Å². The van der Waals surface area contributed by atoms with Gasteiger partial charge in [0, 0.05) is 21.1 Å². The van der Waals surface area contributed by atoms with E-state index in [4.69, 9.17) is 0 Å². The van der Waals surface area contributed by atoms with Gasteiger partial charge in [0.15, 0.2) is 0 Å². The smallest absolute Gasteiger partial charge is 0.340 e. The Morgan fingerprint density at radius 3 is 2.21 bits per heavy atom. The summed E-state index contributed by atoms with van der Waals surface area (Å²) in [5.74, 6) is -0.222. The topological polar surface area (TPSA) is 49.8 Å². The van der Waals surface area contributed by atoms with Crippen LogP contribution in [0.5, 0.6) is 0 Å². The molecule has 3 aromatic rings. The Balaban J connectivity index is 1.95. The number of benzene rings is 2. The standard InChI is InChI=1S/C21H20F3IN4/c1-20(2,3)13-5-4-6-16(11-13)27-18-17(21(22,23)24)12-26-19(29-18)28-15-9-7-14(25)8-10-15/h4-12H,1-3H3,(H2,26,27,28,29). The van der Waals surface area contributed by atoms with Crippen LogP contribution in [0.25, 0.3) is 0 Å². The van der Waals surface area contributed by atoms with Crippen molar-refractivity contribution in [3.8, 4) is 0 Å². The first kappa shape index (κ1) is 21.4. The lowest BCUT2D eigenvalue weighted by Crippen LogP contribution is -2.14. The van der Waals surface area contributed by atoms with Gasteiger partial charge >= 0.3 is 6.18 Å². The Kier molecular flexibility index (Phi) is 6.02. The second kappa shape index (κ2) is 8.17. The van der Waals surface area contributed by atoms with E-state index in [0.717, 1.165) is 15.3 Å². The monoisotopic (exact) mass is 512 g/mol. The maximum absolute atomic E-state index is 13.5. The van der Waals surface area contributed by atoms with Crippen LogP contribution in [0.1, 0.15) is 31.9 Å². The van der Waals surface area contributed by atoms with Gasteiger partial charge in [0.2, 0.25) is 5.95 Å². The molecule has 2 aromatic carbocycles. The van der Waals surface area contributed by atoms with Crippen LogP contribution < -0.4 is 10.6 Å². The van der Waals surface area contributed by atoms with Crippen LogP contribution in [0.15, 0.2) is 54.7 Å². The van der Waals surface area contributed by atoms with Crippen molar-refractivity contribution in [2.24, 2.45) is 0 Å². The van der Waals surface area contributed by atoms with E-state index in [2.05, 4.69) is 43.2 Å². The van der Waals surface area contributed by atoms with Gasteiger partial charge in [-0.1, -0.05) is 32.9 Å². The number of halogens is 4. The molecule has 0 saturated heterocycles. The third-order valence-corrected chi connectivity index (χ3v) is 4.91. The van der Waals surface area contributed by atoms with Crippen LogP contribution in [-0.4, -0.2) is 9.97 Å². The third kappa shape index (κ3) is 5.59. The minimum Gasteiger partial charge on any atom is -0.340 e. The van der Waals surface area contributed by atoms with Crippen molar-refractivity contribution in [3.05, 3.63) is 69.4 Å². The molecule has 0 unspecified atom stereocenters. The Labute approximate surface area is 181 Å². The lowest BCUT2D eigenvalue weighted by Gasteiger charge is -2.20. The van der Waals surface area contributed by atoms with E-state index in [1.54, 1.807) is 6.07 Å². The molecule has 1 heterocycles. The van der Waals surface area contributed by atoms with Crippen LogP contribution in [-0.2, 0) is 11.6 Å². The normalized spacial score (nSPS) is 12.0. The fourth-order valence-electron chi connectivity index (χ4n) is 2.61. The summed E-state index contributed by atoms with van der Waals surface area (Å²) in [6, 6.07) is 14.7. The summed E-state index contributed by atoms with van der Waals surface area (Å²) in [6.45, 7) is 6.13. The summed E-state index contributed by atoms with van der Waals surface area (Å²) in [7, 11) is 0. The molecule has 0 atom stereocenters. The largest absolute Gasteiger partial charge is 0.421 e. The lowest BCUT2D eigenvalue weighted by atomic mass is 9.87. The molecule has 0 bridgehead atoms. The quantitative estimate of drug-likeness (QED) is 0.374. The summed E-state index contributed by atoms with van der Waals surface area (Å²) in [4.78, 5) is 7.93. The van der Waals surface area contributed by atoms with Crippen LogP contribution in [0, 0.1) is 3.57 Å². The van der Waals surface area contributed by atoms with E-state index >= 15 is 0 Å². The molecule has 0 aliphatic rings. The highest BCUT2D eigenvalue weighted by Crippen LogP contribution is 2.36.